The van der Waals surface area contributed by atoms with Gasteiger partial charge in [-0.3, -0.25) is 0 Å². The molecule has 0 atom stereocenters. The molecule has 0 bridgehead atoms. The number of hydrogen-bond donors (Lipinski definition) is 1. The highest BCUT2D eigenvalue weighted by Crippen LogP contribution is 2.16. The average Bonchev–Trinajstić information content (AvgIpc) is 2.37. The summed E-state index contributed by atoms with van der Waals surface area (Å²) in [7, 11) is 6.28. The van der Waals surface area contributed by atoms with Gasteiger partial charge in [0.05, 0.1) is 0 Å². The van der Waals surface area contributed by atoms with Gasteiger partial charge in [-0.15, -0.1) is 0 Å². The smallest absolute Gasteiger partial charge is 0.123 e. The molecule has 0 aromatic heterocycles. The molecule has 0 fully saturated rings. The molecule has 4 heteroatoms. The molecule has 4 nitrogen and oxygen atoms in total. The molecule has 0 aliphatic heterocycles. The van der Waals surface area contributed by atoms with Crippen molar-refractivity contribution in [2.24, 2.45) is 5.73 Å². The fraction of sp³-hybridized carbons (Fsp3) is 0.571. The number of ether oxygens (including phenoxy) is 1. The highest BCUT2D eigenvalue weighted by molar-refractivity contribution is 5.32. The molecule has 0 saturated heterocycles. The third-order valence-corrected chi connectivity index (χ3v) is 2.85. The van der Waals surface area contributed by atoms with Crippen molar-refractivity contribution < 1.29 is 4.74 Å². The van der Waals surface area contributed by atoms with Gasteiger partial charge in [-0.1, -0.05) is 18.2 Å². The number of nitrogens with two attached hydrogens (primary N) is 1. The molecular weight excluding hydrogens is 226 g/mol. The summed E-state index contributed by atoms with van der Waals surface area (Å²) >= 11 is 0. The van der Waals surface area contributed by atoms with Gasteiger partial charge in [0.15, 0.2) is 0 Å². The van der Waals surface area contributed by atoms with Crippen LogP contribution in [0.4, 0.5) is 0 Å². The van der Waals surface area contributed by atoms with Crippen LogP contribution in [0.25, 0.3) is 0 Å². The van der Waals surface area contributed by atoms with E-state index in [0.717, 1.165) is 30.9 Å². The predicted molar refractivity (Wildman–Crippen MR) is 75.9 cm³/mol. The third kappa shape index (κ3) is 5.49. The zero-order valence-electron chi connectivity index (χ0n) is 11.7. The lowest BCUT2D eigenvalue weighted by molar-refractivity contribution is 0.221. The molecule has 102 valence electrons. The summed E-state index contributed by atoms with van der Waals surface area (Å²) in [4.78, 5) is 4.45. The van der Waals surface area contributed by atoms with Gasteiger partial charge in [-0.25, -0.2) is 0 Å². The number of para-hydroxylation sites is 1. The first-order valence-corrected chi connectivity index (χ1v) is 6.37. The van der Waals surface area contributed by atoms with E-state index in [4.69, 9.17) is 10.5 Å². The van der Waals surface area contributed by atoms with Crippen LogP contribution >= 0.6 is 0 Å². The molecule has 18 heavy (non-hydrogen) atoms. The molecule has 0 aliphatic carbocycles. The lowest BCUT2D eigenvalue weighted by atomic mass is 10.2. The summed E-state index contributed by atoms with van der Waals surface area (Å²) in [5.41, 5.74) is 6.73. The monoisotopic (exact) mass is 251 g/mol. The Kier molecular flexibility index (Phi) is 6.72. The maximum Gasteiger partial charge on any atom is 0.123 e. The largest absolute Gasteiger partial charge is 0.492 e. The molecule has 1 aromatic carbocycles. The average molecular weight is 251 g/mol. The second-order valence-corrected chi connectivity index (χ2v) is 4.77. The van der Waals surface area contributed by atoms with Crippen LogP contribution in [0.1, 0.15) is 5.56 Å². The summed E-state index contributed by atoms with van der Waals surface area (Å²) in [5, 5.41) is 0. The highest BCUT2D eigenvalue weighted by Gasteiger charge is 2.02. The first-order chi connectivity index (χ1) is 8.63. The van der Waals surface area contributed by atoms with E-state index in [1.165, 1.54) is 0 Å². The molecule has 0 aliphatic rings. The van der Waals surface area contributed by atoms with Crippen LogP contribution in [-0.2, 0) is 6.54 Å². The third-order valence-electron chi connectivity index (χ3n) is 2.85. The number of benzene rings is 1. The van der Waals surface area contributed by atoms with Crippen LogP contribution in [0.3, 0.4) is 0 Å². The Labute approximate surface area is 110 Å². The quantitative estimate of drug-likeness (QED) is 0.749. The molecule has 2 N–H and O–H groups in total. The molecule has 0 amide bonds. The van der Waals surface area contributed by atoms with Crippen molar-refractivity contribution in [2.75, 3.05) is 47.4 Å². The molecule has 0 heterocycles. The van der Waals surface area contributed by atoms with E-state index < -0.39 is 0 Å². The molecule has 1 rings (SSSR count). The van der Waals surface area contributed by atoms with Crippen LogP contribution in [-0.4, -0.2) is 57.2 Å². The normalized spacial score (nSPS) is 11.2. The Morgan fingerprint density at radius 1 is 1.06 bits per heavy atom. The Morgan fingerprint density at radius 2 is 1.78 bits per heavy atom. The summed E-state index contributed by atoms with van der Waals surface area (Å²) in [6.45, 7) is 4.26. The van der Waals surface area contributed by atoms with Crippen molar-refractivity contribution in [1.29, 1.82) is 0 Å². The minimum atomic E-state index is 0.520. The molecular formula is C14H25N3O. The van der Waals surface area contributed by atoms with Gasteiger partial charge < -0.3 is 20.3 Å². The summed E-state index contributed by atoms with van der Waals surface area (Å²) in [6, 6.07) is 7.94. The lowest BCUT2D eigenvalue weighted by Crippen LogP contribution is -2.31. The van der Waals surface area contributed by atoms with Gasteiger partial charge >= 0.3 is 0 Å². The van der Waals surface area contributed by atoms with Crippen LogP contribution < -0.4 is 10.5 Å². The Morgan fingerprint density at radius 3 is 2.44 bits per heavy atom. The van der Waals surface area contributed by atoms with Crippen molar-refractivity contribution >= 4 is 0 Å². The van der Waals surface area contributed by atoms with E-state index in [-0.39, 0.29) is 0 Å². The second-order valence-electron chi connectivity index (χ2n) is 4.77. The Hall–Kier alpha value is -1.10. The van der Waals surface area contributed by atoms with Gasteiger partial charge in [0.2, 0.25) is 0 Å². The topological polar surface area (TPSA) is 41.7 Å². The fourth-order valence-corrected chi connectivity index (χ4v) is 1.61. The van der Waals surface area contributed by atoms with Crippen LogP contribution in [0.5, 0.6) is 5.75 Å². The van der Waals surface area contributed by atoms with Crippen molar-refractivity contribution in [2.45, 2.75) is 6.54 Å². The molecule has 0 spiro atoms. The summed E-state index contributed by atoms with van der Waals surface area (Å²) in [5.74, 6) is 0.904. The molecule has 0 saturated carbocycles. The second kappa shape index (κ2) is 8.08. The van der Waals surface area contributed by atoms with Crippen molar-refractivity contribution in [3.05, 3.63) is 29.8 Å². The lowest BCUT2D eigenvalue weighted by Gasteiger charge is -2.19. The Bertz CT molecular complexity index is 342. The number of nitrogens with zero attached hydrogens (tertiary/aromatic N) is 2. The predicted octanol–water partition coefficient (Wildman–Crippen LogP) is 1.02. The minimum absolute atomic E-state index is 0.520. The summed E-state index contributed by atoms with van der Waals surface area (Å²) < 4.78 is 5.77. The summed E-state index contributed by atoms with van der Waals surface area (Å²) in [6.07, 6.45) is 0. The highest BCUT2D eigenvalue weighted by atomic mass is 16.5. The van der Waals surface area contributed by atoms with Crippen molar-refractivity contribution in [3.63, 3.8) is 0 Å². The van der Waals surface area contributed by atoms with E-state index in [0.29, 0.717) is 13.2 Å². The van der Waals surface area contributed by atoms with Gasteiger partial charge in [-0.05, 0) is 27.2 Å². The maximum atomic E-state index is 5.77. The van der Waals surface area contributed by atoms with E-state index in [9.17, 15) is 0 Å². The fourth-order valence-electron chi connectivity index (χ4n) is 1.61. The Balaban J connectivity index is 2.28. The number of hydrogen-bond acceptors (Lipinski definition) is 4. The van der Waals surface area contributed by atoms with Crippen molar-refractivity contribution in [1.82, 2.24) is 9.80 Å². The first kappa shape index (κ1) is 15.0. The van der Waals surface area contributed by atoms with Gasteiger partial charge in [-0.2, -0.15) is 0 Å². The van der Waals surface area contributed by atoms with Gasteiger partial charge in [0.1, 0.15) is 12.4 Å². The number of rotatable bonds is 8. The van der Waals surface area contributed by atoms with Crippen LogP contribution in [0.15, 0.2) is 24.3 Å². The van der Waals surface area contributed by atoms with E-state index in [2.05, 4.69) is 30.9 Å². The first-order valence-electron chi connectivity index (χ1n) is 6.37. The standard InChI is InChI=1S/C14H25N3O/c1-16(2)8-9-17(3)10-11-18-14-7-5-4-6-13(14)12-15/h4-7H,8-12,15H2,1-3H3. The zero-order valence-corrected chi connectivity index (χ0v) is 11.7. The SMILES string of the molecule is CN(C)CCN(C)CCOc1ccccc1CN. The van der Waals surface area contributed by atoms with E-state index >= 15 is 0 Å². The van der Waals surface area contributed by atoms with Crippen LogP contribution in [0.2, 0.25) is 0 Å². The van der Waals surface area contributed by atoms with Gasteiger partial charge in [0.25, 0.3) is 0 Å². The minimum Gasteiger partial charge on any atom is -0.492 e. The molecule has 1 aromatic rings. The van der Waals surface area contributed by atoms with E-state index in [1.807, 2.05) is 24.3 Å². The van der Waals surface area contributed by atoms with Crippen LogP contribution in [0, 0.1) is 0 Å². The maximum absolute atomic E-state index is 5.77. The zero-order chi connectivity index (χ0) is 13.4. The molecule has 0 radical (unpaired) electrons. The van der Waals surface area contributed by atoms with Gasteiger partial charge in [0, 0.05) is 31.7 Å². The number of likely N-dealkylation sites (N-methyl/N-ethyl adjacent to an activating group) is 2. The van der Waals surface area contributed by atoms with Crippen molar-refractivity contribution in [3.8, 4) is 5.75 Å². The molecule has 0 unspecified atom stereocenters. The van der Waals surface area contributed by atoms with E-state index in [1.54, 1.807) is 0 Å².